The van der Waals surface area contributed by atoms with E-state index in [1.807, 2.05) is 48.2 Å². The second kappa shape index (κ2) is 7.32. The Balaban J connectivity index is 1.67. The summed E-state index contributed by atoms with van der Waals surface area (Å²) < 4.78 is 5.83. The monoisotopic (exact) mass is 347 g/mol. The number of aliphatic hydroxyl groups is 1. The van der Waals surface area contributed by atoms with Crippen LogP contribution in [0, 0.1) is 5.41 Å². The molecule has 25 heavy (non-hydrogen) atoms. The molecular weight excluding hydrogens is 318 g/mol. The van der Waals surface area contributed by atoms with Crippen LogP contribution in [0.1, 0.15) is 29.6 Å². The molecule has 0 radical (unpaired) electrons. The lowest BCUT2D eigenvalue weighted by Crippen LogP contribution is -2.63. The number of amides is 1. The zero-order valence-corrected chi connectivity index (χ0v) is 15.1. The van der Waals surface area contributed by atoms with Crippen molar-refractivity contribution in [2.45, 2.75) is 31.5 Å². The molecule has 3 N–H and O–H groups in total. The molecule has 1 spiro atoms. The number of piperidine rings is 1. The SMILES string of the molecule is CN(C)c1ccccc1C(=O)N1CCC2(CC1)[C@@H](O)C[C@H]2OCCN. The van der Waals surface area contributed by atoms with Gasteiger partial charge in [0, 0.05) is 51.3 Å². The number of para-hydroxylation sites is 1. The van der Waals surface area contributed by atoms with Gasteiger partial charge in [-0.3, -0.25) is 4.79 Å². The maximum atomic E-state index is 13.0. The number of aliphatic hydroxyl groups excluding tert-OH is 1. The van der Waals surface area contributed by atoms with Crippen LogP contribution in [0.25, 0.3) is 0 Å². The van der Waals surface area contributed by atoms with Crippen LogP contribution in [0.5, 0.6) is 0 Å². The van der Waals surface area contributed by atoms with Crippen LogP contribution in [-0.4, -0.2) is 68.5 Å². The van der Waals surface area contributed by atoms with Gasteiger partial charge in [-0.2, -0.15) is 0 Å². The summed E-state index contributed by atoms with van der Waals surface area (Å²) in [6.45, 7) is 2.33. The van der Waals surface area contributed by atoms with E-state index in [-0.39, 0.29) is 23.5 Å². The van der Waals surface area contributed by atoms with E-state index in [1.165, 1.54) is 0 Å². The summed E-state index contributed by atoms with van der Waals surface area (Å²) in [5.74, 6) is 0.0624. The second-order valence-corrected chi connectivity index (χ2v) is 7.34. The minimum absolute atomic E-state index is 0.0624. The number of rotatable bonds is 5. The highest BCUT2D eigenvalue weighted by molar-refractivity contribution is 5.99. The molecule has 1 heterocycles. The first-order valence-corrected chi connectivity index (χ1v) is 9.05. The molecule has 1 saturated carbocycles. The minimum atomic E-state index is -0.332. The Labute approximate surface area is 149 Å². The van der Waals surface area contributed by atoms with Crippen LogP contribution >= 0.6 is 0 Å². The van der Waals surface area contributed by atoms with Gasteiger partial charge in [0.1, 0.15) is 0 Å². The van der Waals surface area contributed by atoms with Crippen molar-refractivity contribution in [2.75, 3.05) is 45.2 Å². The first-order chi connectivity index (χ1) is 12.0. The molecule has 1 saturated heterocycles. The van der Waals surface area contributed by atoms with Crippen molar-refractivity contribution in [3.05, 3.63) is 29.8 Å². The molecule has 0 aromatic heterocycles. The summed E-state index contributed by atoms with van der Waals surface area (Å²) in [4.78, 5) is 16.8. The average Bonchev–Trinajstić information content (AvgIpc) is 2.64. The third-order valence-corrected chi connectivity index (χ3v) is 5.78. The summed E-state index contributed by atoms with van der Waals surface area (Å²) in [6, 6.07) is 7.69. The van der Waals surface area contributed by atoms with Gasteiger partial charge in [0.25, 0.3) is 5.91 Å². The van der Waals surface area contributed by atoms with Crippen LogP contribution < -0.4 is 10.6 Å². The van der Waals surface area contributed by atoms with Crippen molar-refractivity contribution in [3.8, 4) is 0 Å². The van der Waals surface area contributed by atoms with E-state index in [4.69, 9.17) is 10.5 Å². The molecule has 2 aliphatic rings. The van der Waals surface area contributed by atoms with Crippen LogP contribution in [0.15, 0.2) is 24.3 Å². The van der Waals surface area contributed by atoms with E-state index in [0.29, 0.717) is 32.7 Å². The Hall–Kier alpha value is -1.63. The number of nitrogens with two attached hydrogens (primary N) is 1. The Morgan fingerprint density at radius 1 is 1.36 bits per heavy atom. The van der Waals surface area contributed by atoms with Gasteiger partial charge in [0.2, 0.25) is 0 Å². The maximum Gasteiger partial charge on any atom is 0.255 e. The number of anilines is 1. The fraction of sp³-hybridized carbons (Fsp3) is 0.632. The number of carbonyl (C=O) groups is 1. The topological polar surface area (TPSA) is 79.0 Å². The largest absolute Gasteiger partial charge is 0.392 e. The molecule has 0 bridgehead atoms. The molecule has 1 aliphatic heterocycles. The number of nitrogens with zero attached hydrogens (tertiary/aromatic N) is 2. The molecule has 2 fully saturated rings. The van der Waals surface area contributed by atoms with Gasteiger partial charge in [0.15, 0.2) is 0 Å². The molecule has 138 valence electrons. The minimum Gasteiger partial charge on any atom is -0.392 e. The third-order valence-electron chi connectivity index (χ3n) is 5.78. The Bertz CT molecular complexity index is 612. The van der Waals surface area contributed by atoms with E-state index >= 15 is 0 Å². The lowest BCUT2D eigenvalue weighted by molar-refractivity contribution is -0.207. The first kappa shape index (κ1) is 18.2. The van der Waals surface area contributed by atoms with Gasteiger partial charge >= 0.3 is 0 Å². The summed E-state index contributed by atoms with van der Waals surface area (Å²) in [7, 11) is 3.89. The zero-order valence-electron chi connectivity index (χ0n) is 15.1. The summed E-state index contributed by atoms with van der Waals surface area (Å²) >= 11 is 0. The summed E-state index contributed by atoms with van der Waals surface area (Å²) in [5.41, 5.74) is 6.99. The van der Waals surface area contributed by atoms with Crippen molar-refractivity contribution in [1.82, 2.24) is 4.90 Å². The Morgan fingerprint density at radius 3 is 2.64 bits per heavy atom. The Morgan fingerprint density at radius 2 is 2.04 bits per heavy atom. The van der Waals surface area contributed by atoms with Crippen LogP contribution in [0.3, 0.4) is 0 Å². The molecule has 3 rings (SSSR count). The van der Waals surface area contributed by atoms with Crippen molar-refractivity contribution < 1.29 is 14.6 Å². The fourth-order valence-electron chi connectivity index (χ4n) is 4.17. The quantitative estimate of drug-likeness (QED) is 0.833. The van der Waals surface area contributed by atoms with Crippen molar-refractivity contribution >= 4 is 11.6 Å². The number of likely N-dealkylation sites (tertiary alicyclic amines) is 1. The zero-order chi connectivity index (χ0) is 18.0. The predicted molar refractivity (Wildman–Crippen MR) is 97.8 cm³/mol. The van der Waals surface area contributed by atoms with Crippen LogP contribution in [0.4, 0.5) is 5.69 Å². The highest BCUT2D eigenvalue weighted by atomic mass is 16.5. The molecule has 1 aromatic carbocycles. The smallest absolute Gasteiger partial charge is 0.255 e. The summed E-state index contributed by atoms with van der Waals surface area (Å²) in [6.07, 6.45) is 1.97. The van der Waals surface area contributed by atoms with Gasteiger partial charge in [0.05, 0.1) is 24.4 Å². The number of ether oxygens (including phenoxy) is 1. The van der Waals surface area contributed by atoms with Gasteiger partial charge in [-0.1, -0.05) is 12.1 Å². The van der Waals surface area contributed by atoms with E-state index in [0.717, 1.165) is 24.1 Å². The first-order valence-electron chi connectivity index (χ1n) is 9.05. The highest BCUT2D eigenvalue weighted by Crippen LogP contribution is 2.51. The van der Waals surface area contributed by atoms with Crippen molar-refractivity contribution in [2.24, 2.45) is 11.1 Å². The van der Waals surface area contributed by atoms with E-state index in [1.54, 1.807) is 0 Å². The summed E-state index contributed by atoms with van der Waals surface area (Å²) in [5, 5.41) is 10.3. The van der Waals surface area contributed by atoms with E-state index < -0.39 is 0 Å². The lowest BCUT2D eigenvalue weighted by atomic mass is 9.58. The van der Waals surface area contributed by atoms with Gasteiger partial charge in [-0.05, 0) is 25.0 Å². The molecule has 6 nitrogen and oxygen atoms in total. The van der Waals surface area contributed by atoms with Crippen molar-refractivity contribution in [1.29, 1.82) is 0 Å². The number of hydrogen-bond acceptors (Lipinski definition) is 5. The maximum absolute atomic E-state index is 13.0. The molecule has 1 amide bonds. The number of benzene rings is 1. The standard InChI is InChI=1S/C19H29N3O3/c1-21(2)15-6-4-3-5-14(15)18(24)22-10-7-19(8-11-22)16(23)13-17(19)25-12-9-20/h3-6,16-17,23H,7-13,20H2,1-2H3/t16-,17+/m0/s1. The normalized spacial score (nSPS) is 24.9. The Kier molecular flexibility index (Phi) is 5.32. The van der Waals surface area contributed by atoms with Gasteiger partial charge in [-0.15, -0.1) is 0 Å². The van der Waals surface area contributed by atoms with Gasteiger partial charge < -0.3 is 25.4 Å². The number of hydrogen-bond donors (Lipinski definition) is 2. The van der Waals surface area contributed by atoms with Crippen LogP contribution in [-0.2, 0) is 4.74 Å². The molecule has 1 aliphatic carbocycles. The van der Waals surface area contributed by atoms with E-state index in [9.17, 15) is 9.90 Å². The second-order valence-electron chi connectivity index (χ2n) is 7.34. The molecule has 0 unspecified atom stereocenters. The molecule has 2 atom stereocenters. The fourth-order valence-corrected chi connectivity index (χ4v) is 4.17. The van der Waals surface area contributed by atoms with Crippen molar-refractivity contribution in [3.63, 3.8) is 0 Å². The predicted octanol–water partition coefficient (Wildman–Crippen LogP) is 1.08. The lowest BCUT2D eigenvalue weighted by Gasteiger charge is -2.56. The van der Waals surface area contributed by atoms with Crippen LogP contribution in [0.2, 0.25) is 0 Å². The molecule has 1 aromatic rings. The molecular formula is C19H29N3O3. The highest BCUT2D eigenvalue weighted by Gasteiger charge is 2.56. The average molecular weight is 347 g/mol. The third kappa shape index (κ3) is 3.26. The van der Waals surface area contributed by atoms with Gasteiger partial charge in [-0.25, -0.2) is 0 Å². The van der Waals surface area contributed by atoms with E-state index in [2.05, 4.69) is 0 Å². The molecule has 6 heteroatoms. The number of carbonyl (C=O) groups excluding carboxylic acids is 1.